The summed E-state index contributed by atoms with van der Waals surface area (Å²) in [6.07, 6.45) is 7.29. The molecule has 27 heavy (non-hydrogen) atoms. The highest BCUT2D eigenvalue weighted by atomic mass is 16.2. The van der Waals surface area contributed by atoms with Crippen LogP contribution in [0.4, 0.5) is 5.95 Å². The molecule has 1 unspecified atom stereocenters. The highest BCUT2D eigenvalue weighted by molar-refractivity contribution is 5.93. The number of nitrogens with one attached hydrogen (secondary N) is 1. The van der Waals surface area contributed by atoms with E-state index in [9.17, 15) is 4.79 Å². The van der Waals surface area contributed by atoms with Crippen molar-refractivity contribution >= 4 is 11.9 Å². The number of fused-ring (bicyclic) bond motifs is 3. The molecule has 1 aromatic heterocycles. The van der Waals surface area contributed by atoms with Crippen LogP contribution in [-0.2, 0) is 0 Å². The molecule has 0 radical (unpaired) electrons. The third-order valence-corrected chi connectivity index (χ3v) is 6.42. The van der Waals surface area contributed by atoms with Crippen molar-refractivity contribution in [2.45, 2.75) is 64.3 Å². The molecule has 2 bridgehead atoms. The van der Waals surface area contributed by atoms with Gasteiger partial charge in [-0.1, -0.05) is 26.7 Å². The molecule has 5 rings (SSSR count). The number of amides is 1. The summed E-state index contributed by atoms with van der Waals surface area (Å²) in [7, 11) is 0. The molecule has 1 atom stereocenters. The first-order valence-electron chi connectivity index (χ1n) is 10.8. The Morgan fingerprint density at radius 2 is 1.78 bits per heavy atom. The van der Waals surface area contributed by atoms with E-state index in [0.29, 0.717) is 11.6 Å². The summed E-state index contributed by atoms with van der Waals surface area (Å²) in [5, 5.41) is 3.29. The second-order valence-electron chi connectivity index (χ2n) is 8.75. The second kappa shape index (κ2) is 8.13. The summed E-state index contributed by atoms with van der Waals surface area (Å²) >= 11 is 0. The van der Waals surface area contributed by atoms with Gasteiger partial charge in [-0.2, -0.15) is 0 Å². The van der Waals surface area contributed by atoms with Crippen molar-refractivity contribution in [2.24, 2.45) is 5.92 Å². The molecule has 1 aromatic rings. The smallest absolute Gasteiger partial charge is 0.270 e. The van der Waals surface area contributed by atoms with Gasteiger partial charge < -0.3 is 15.1 Å². The Morgan fingerprint density at radius 1 is 1.07 bits per heavy atom. The zero-order valence-corrected chi connectivity index (χ0v) is 16.8. The molecule has 0 aliphatic carbocycles. The van der Waals surface area contributed by atoms with Crippen LogP contribution in [0.25, 0.3) is 0 Å². The monoisotopic (exact) mass is 371 g/mol. The van der Waals surface area contributed by atoms with E-state index in [1.807, 2.05) is 6.07 Å². The van der Waals surface area contributed by atoms with Gasteiger partial charge in [0, 0.05) is 31.4 Å². The van der Waals surface area contributed by atoms with Crippen LogP contribution >= 0.6 is 0 Å². The van der Waals surface area contributed by atoms with Crippen LogP contribution in [0.2, 0.25) is 0 Å². The van der Waals surface area contributed by atoms with Crippen LogP contribution in [0.15, 0.2) is 6.07 Å². The van der Waals surface area contributed by atoms with Crippen LogP contribution in [0, 0.1) is 5.92 Å². The number of carbonyl (C=O) groups is 1. The van der Waals surface area contributed by atoms with Gasteiger partial charge in [0.2, 0.25) is 5.95 Å². The molecule has 4 aliphatic rings. The van der Waals surface area contributed by atoms with Gasteiger partial charge in [0.1, 0.15) is 5.69 Å². The lowest BCUT2D eigenvalue weighted by atomic mass is 9.84. The number of carbonyl (C=O) groups excluding carboxylic acids is 1. The SMILES string of the molecule is CC(C)c1cc(C(=O)NC2CN3CCC2CC3)nc(N2CCCCCC2)n1. The Bertz CT molecular complexity index is 661. The Morgan fingerprint density at radius 3 is 2.37 bits per heavy atom. The third kappa shape index (κ3) is 4.26. The first kappa shape index (κ1) is 18.7. The molecule has 5 heterocycles. The first-order valence-corrected chi connectivity index (χ1v) is 10.8. The third-order valence-electron chi connectivity index (χ3n) is 6.42. The first-order chi connectivity index (χ1) is 13.1. The number of rotatable bonds is 4. The van der Waals surface area contributed by atoms with Gasteiger partial charge in [-0.25, -0.2) is 9.97 Å². The van der Waals surface area contributed by atoms with Gasteiger partial charge in [-0.15, -0.1) is 0 Å². The van der Waals surface area contributed by atoms with Crippen molar-refractivity contribution in [1.29, 1.82) is 0 Å². The minimum Gasteiger partial charge on any atom is -0.346 e. The lowest BCUT2D eigenvalue weighted by Crippen LogP contribution is -2.57. The van der Waals surface area contributed by atoms with Crippen LogP contribution in [-0.4, -0.2) is 59.5 Å². The lowest BCUT2D eigenvalue weighted by Gasteiger charge is -2.44. The number of aromatic nitrogens is 2. The molecule has 1 amide bonds. The maximum atomic E-state index is 13.0. The highest BCUT2D eigenvalue weighted by Crippen LogP contribution is 2.28. The van der Waals surface area contributed by atoms with Crippen LogP contribution < -0.4 is 10.2 Å². The van der Waals surface area contributed by atoms with E-state index in [1.54, 1.807) is 0 Å². The average molecular weight is 372 g/mol. The van der Waals surface area contributed by atoms with Gasteiger partial charge in [-0.05, 0) is 56.7 Å². The molecule has 0 spiro atoms. The largest absolute Gasteiger partial charge is 0.346 e. The molecule has 6 heteroatoms. The summed E-state index contributed by atoms with van der Waals surface area (Å²) in [6.45, 7) is 9.58. The molecular formula is C21H33N5O. The molecule has 0 aromatic carbocycles. The Hall–Kier alpha value is -1.69. The van der Waals surface area contributed by atoms with Gasteiger partial charge >= 0.3 is 0 Å². The van der Waals surface area contributed by atoms with Crippen molar-refractivity contribution < 1.29 is 4.79 Å². The van der Waals surface area contributed by atoms with Crippen molar-refractivity contribution in [3.8, 4) is 0 Å². The summed E-state index contributed by atoms with van der Waals surface area (Å²) in [5.74, 6) is 1.61. The number of hydrogen-bond acceptors (Lipinski definition) is 5. The molecule has 1 N–H and O–H groups in total. The minimum absolute atomic E-state index is 0.0332. The number of piperidine rings is 3. The summed E-state index contributed by atoms with van der Waals surface area (Å²) in [6, 6.07) is 2.15. The number of nitrogens with zero attached hydrogens (tertiary/aromatic N) is 4. The molecular weight excluding hydrogens is 338 g/mol. The van der Waals surface area contributed by atoms with E-state index >= 15 is 0 Å². The fraction of sp³-hybridized carbons (Fsp3) is 0.762. The lowest BCUT2D eigenvalue weighted by molar-refractivity contribution is 0.0617. The predicted octanol–water partition coefficient (Wildman–Crippen LogP) is 2.80. The number of anilines is 1. The summed E-state index contributed by atoms with van der Waals surface area (Å²) < 4.78 is 0. The topological polar surface area (TPSA) is 61.4 Å². The maximum absolute atomic E-state index is 13.0. The number of hydrogen-bond donors (Lipinski definition) is 1. The van der Waals surface area contributed by atoms with Crippen molar-refractivity contribution in [2.75, 3.05) is 37.6 Å². The predicted molar refractivity (Wildman–Crippen MR) is 107 cm³/mol. The average Bonchev–Trinajstić information content (AvgIpc) is 2.98. The van der Waals surface area contributed by atoms with Gasteiger partial charge in [0.05, 0.1) is 0 Å². The fourth-order valence-corrected chi connectivity index (χ4v) is 4.65. The van der Waals surface area contributed by atoms with E-state index in [-0.39, 0.29) is 17.9 Å². The quantitative estimate of drug-likeness (QED) is 0.882. The Kier molecular flexibility index (Phi) is 5.62. The molecule has 6 nitrogen and oxygen atoms in total. The molecule has 4 aliphatic heterocycles. The Labute approximate surface area is 162 Å². The molecule has 4 fully saturated rings. The Balaban J connectivity index is 1.54. The van der Waals surface area contributed by atoms with Crippen molar-refractivity contribution in [3.63, 3.8) is 0 Å². The van der Waals surface area contributed by atoms with Crippen LogP contribution in [0.3, 0.4) is 0 Å². The van der Waals surface area contributed by atoms with E-state index in [2.05, 4.69) is 29.0 Å². The fourth-order valence-electron chi connectivity index (χ4n) is 4.65. The van der Waals surface area contributed by atoms with Crippen LogP contribution in [0.5, 0.6) is 0 Å². The van der Waals surface area contributed by atoms with E-state index in [4.69, 9.17) is 9.97 Å². The van der Waals surface area contributed by atoms with Crippen molar-refractivity contribution in [3.05, 3.63) is 17.5 Å². The summed E-state index contributed by atoms with van der Waals surface area (Å²) in [5.41, 5.74) is 1.49. The molecule has 0 saturated carbocycles. The molecule has 148 valence electrons. The van der Waals surface area contributed by atoms with E-state index in [1.165, 1.54) is 51.6 Å². The van der Waals surface area contributed by atoms with Gasteiger partial charge in [-0.3, -0.25) is 4.79 Å². The highest BCUT2D eigenvalue weighted by Gasteiger charge is 2.35. The summed E-state index contributed by atoms with van der Waals surface area (Å²) in [4.78, 5) is 27.3. The normalized spacial score (nSPS) is 28.3. The maximum Gasteiger partial charge on any atom is 0.270 e. The van der Waals surface area contributed by atoms with Crippen molar-refractivity contribution in [1.82, 2.24) is 20.2 Å². The van der Waals surface area contributed by atoms with Gasteiger partial charge in [0.15, 0.2) is 0 Å². The van der Waals surface area contributed by atoms with Gasteiger partial charge in [0.25, 0.3) is 5.91 Å². The second-order valence-corrected chi connectivity index (χ2v) is 8.75. The zero-order valence-electron chi connectivity index (χ0n) is 16.8. The standard InChI is InChI=1S/C21H33N5O/c1-15(2)17-13-18(24-21(23-17)26-9-5-3-4-6-10-26)20(27)22-19-14-25-11-7-16(19)8-12-25/h13,15-16,19H,3-12,14H2,1-2H3,(H,22,27). The zero-order chi connectivity index (χ0) is 18.8. The minimum atomic E-state index is -0.0332. The van der Waals surface area contributed by atoms with Crippen LogP contribution in [0.1, 0.15) is 74.5 Å². The van der Waals surface area contributed by atoms with E-state index in [0.717, 1.165) is 31.3 Å². The van der Waals surface area contributed by atoms with E-state index < -0.39 is 0 Å². The molecule has 4 saturated heterocycles.